The number of aliphatic imine (C=N–C) groups is 1. The highest BCUT2D eigenvalue weighted by molar-refractivity contribution is 6.05. The molecular weight excluding hydrogens is 514 g/mol. The highest BCUT2D eigenvalue weighted by Crippen LogP contribution is 2.44. The van der Waals surface area contributed by atoms with Crippen molar-refractivity contribution >= 4 is 11.5 Å². The van der Waals surface area contributed by atoms with E-state index in [9.17, 15) is 13.9 Å². The summed E-state index contributed by atoms with van der Waals surface area (Å²) in [7, 11) is 3.16. The molecule has 7 nitrogen and oxygen atoms in total. The van der Waals surface area contributed by atoms with Crippen molar-refractivity contribution in [3.8, 4) is 11.5 Å². The summed E-state index contributed by atoms with van der Waals surface area (Å²) in [6.07, 6.45) is 4.07. The first-order valence-corrected chi connectivity index (χ1v) is 13.6. The Labute approximate surface area is 234 Å². The second kappa shape index (κ2) is 11.7. The molecule has 212 valence electrons. The summed E-state index contributed by atoms with van der Waals surface area (Å²) in [5.74, 6) is 0.776. The average Bonchev–Trinajstić information content (AvgIpc) is 3.79. The number of piperazine rings is 1. The van der Waals surface area contributed by atoms with Crippen LogP contribution in [0.2, 0.25) is 0 Å². The molecule has 2 aromatic carbocycles. The molecule has 2 fully saturated rings. The van der Waals surface area contributed by atoms with Crippen molar-refractivity contribution in [2.45, 2.75) is 32.2 Å². The topological polar surface area (TPSA) is 60.8 Å². The van der Waals surface area contributed by atoms with E-state index in [0.29, 0.717) is 90.6 Å². The third-order valence-corrected chi connectivity index (χ3v) is 7.81. The van der Waals surface area contributed by atoms with Gasteiger partial charge in [0.15, 0.2) is 11.6 Å². The van der Waals surface area contributed by atoms with Crippen LogP contribution in [0.15, 0.2) is 77.4 Å². The SMILES string of the molecule is C=C1N=C(CCC2CC2)N(c2c(OC)cccc2OC)C(O)=C1C(=C)N1CCN(Cc2cccc(F)c2F)CC1. The number of rotatable bonds is 10. The van der Waals surface area contributed by atoms with Crippen LogP contribution in [-0.4, -0.2) is 61.1 Å². The van der Waals surface area contributed by atoms with E-state index in [1.165, 1.54) is 18.9 Å². The fourth-order valence-corrected chi connectivity index (χ4v) is 5.36. The zero-order valence-corrected chi connectivity index (χ0v) is 23.1. The van der Waals surface area contributed by atoms with Gasteiger partial charge in [0.05, 0.1) is 25.5 Å². The van der Waals surface area contributed by atoms with Crippen LogP contribution in [0.5, 0.6) is 11.5 Å². The molecular formula is C31H36F2N4O3. The number of benzene rings is 2. The molecule has 0 aromatic heterocycles. The number of anilines is 1. The van der Waals surface area contributed by atoms with Crippen molar-refractivity contribution in [3.63, 3.8) is 0 Å². The number of para-hydroxylation sites is 1. The summed E-state index contributed by atoms with van der Waals surface area (Å²) in [6.45, 7) is 11.3. The highest BCUT2D eigenvalue weighted by Gasteiger charge is 2.35. The Balaban J connectivity index is 1.39. The Kier molecular flexibility index (Phi) is 8.12. The molecule has 3 aliphatic rings. The van der Waals surface area contributed by atoms with Crippen molar-refractivity contribution in [2.75, 3.05) is 45.3 Å². The van der Waals surface area contributed by atoms with E-state index >= 15 is 0 Å². The quantitative estimate of drug-likeness (QED) is 0.391. The summed E-state index contributed by atoms with van der Waals surface area (Å²) in [4.78, 5) is 10.7. The van der Waals surface area contributed by atoms with Crippen LogP contribution in [0.3, 0.4) is 0 Å². The Hall–Kier alpha value is -3.85. The van der Waals surface area contributed by atoms with Gasteiger partial charge < -0.3 is 19.5 Å². The number of hydrogen-bond acceptors (Lipinski definition) is 7. The zero-order valence-electron chi connectivity index (χ0n) is 23.1. The van der Waals surface area contributed by atoms with Crippen molar-refractivity contribution in [1.82, 2.24) is 9.80 Å². The van der Waals surface area contributed by atoms with Crippen molar-refractivity contribution < 1.29 is 23.4 Å². The van der Waals surface area contributed by atoms with Crippen molar-refractivity contribution in [1.29, 1.82) is 0 Å². The minimum absolute atomic E-state index is 0.0251. The van der Waals surface area contributed by atoms with Crippen LogP contribution < -0.4 is 14.4 Å². The molecule has 5 rings (SSSR count). The number of halogens is 2. The molecule has 1 saturated heterocycles. The standard InChI is InChI=1S/C31H36F2N4O3/c1-20-28(21(2)36-17-15-35(16-18-36)19-23-7-5-8-24(32)29(23)33)31(38)37(27(34-20)14-13-22-11-12-22)30-25(39-3)9-6-10-26(30)40-4/h5-10,22,38H,1-2,11-19H2,3-4H3. The maximum atomic E-state index is 14.2. The van der Waals surface area contributed by atoms with Gasteiger partial charge in [0, 0.05) is 50.4 Å². The molecule has 0 unspecified atom stereocenters. The predicted molar refractivity (Wildman–Crippen MR) is 153 cm³/mol. The third-order valence-electron chi connectivity index (χ3n) is 7.81. The average molecular weight is 551 g/mol. The van der Waals surface area contributed by atoms with Gasteiger partial charge in [0.2, 0.25) is 5.88 Å². The first-order chi connectivity index (χ1) is 19.3. The predicted octanol–water partition coefficient (Wildman–Crippen LogP) is 6.01. The largest absolute Gasteiger partial charge is 0.494 e. The van der Waals surface area contributed by atoms with E-state index in [-0.39, 0.29) is 5.88 Å². The van der Waals surface area contributed by atoms with E-state index in [1.54, 1.807) is 25.2 Å². The summed E-state index contributed by atoms with van der Waals surface area (Å²) >= 11 is 0. The maximum Gasteiger partial charge on any atom is 0.209 e. The Morgan fingerprint density at radius 3 is 2.30 bits per heavy atom. The monoisotopic (exact) mass is 550 g/mol. The van der Waals surface area contributed by atoms with Gasteiger partial charge in [0.1, 0.15) is 23.0 Å². The van der Waals surface area contributed by atoms with Gasteiger partial charge >= 0.3 is 0 Å². The van der Waals surface area contributed by atoms with Crippen LogP contribution in [0.25, 0.3) is 0 Å². The molecule has 1 aliphatic carbocycles. The van der Waals surface area contributed by atoms with Gasteiger partial charge in [-0.15, -0.1) is 0 Å². The highest BCUT2D eigenvalue weighted by atomic mass is 19.2. The van der Waals surface area contributed by atoms with Crippen LogP contribution in [0, 0.1) is 17.6 Å². The lowest BCUT2D eigenvalue weighted by molar-refractivity contribution is 0.153. The lowest BCUT2D eigenvalue weighted by Crippen LogP contribution is -2.46. The van der Waals surface area contributed by atoms with Gasteiger partial charge in [0.25, 0.3) is 0 Å². The minimum Gasteiger partial charge on any atom is -0.494 e. The smallest absolute Gasteiger partial charge is 0.209 e. The number of aliphatic hydroxyl groups is 1. The molecule has 1 N–H and O–H groups in total. The molecule has 0 amide bonds. The number of methoxy groups -OCH3 is 2. The van der Waals surface area contributed by atoms with E-state index in [4.69, 9.17) is 14.5 Å². The van der Waals surface area contributed by atoms with Gasteiger partial charge in [-0.05, 0) is 30.5 Å². The summed E-state index contributed by atoms with van der Waals surface area (Å²) < 4.78 is 39.2. The molecule has 0 radical (unpaired) electrons. The summed E-state index contributed by atoms with van der Waals surface area (Å²) in [5.41, 5.74) is 2.40. The number of nitrogens with zero attached hydrogens (tertiary/aromatic N) is 4. The van der Waals surface area contributed by atoms with E-state index in [1.807, 2.05) is 18.2 Å². The van der Waals surface area contributed by atoms with Crippen LogP contribution in [0.1, 0.15) is 31.2 Å². The minimum atomic E-state index is -0.837. The van der Waals surface area contributed by atoms with Crippen LogP contribution in [0.4, 0.5) is 14.5 Å². The molecule has 0 atom stereocenters. The maximum absolute atomic E-state index is 14.2. The number of amidine groups is 1. The second-order valence-electron chi connectivity index (χ2n) is 10.4. The normalized spacial score (nSPS) is 18.2. The Morgan fingerprint density at radius 2 is 1.68 bits per heavy atom. The Bertz CT molecular complexity index is 1340. The first-order valence-electron chi connectivity index (χ1n) is 13.6. The van der Waals surface area contributed by atoms with Crippen molar-refractivity contribution in [3.05, 3.63) is 89.6 Å². The molecule has 2 heterocycles. The molecule has 1 saturated carbocycles. The van der Waals surface area contributed by atoms with E-state index in [2.05, 4.69) is 23.0 Å². The van der Waals surface area contributed by atoms with Crippen molar-refractivity contribution in [2.24, 2.45) is 10.9 Å². The van der Waals surface area contributed by atoms with Gasteiger partial charge in [-0.25, -0.2) is 13.8 Å². The summed E-state index contributed by atoms with van der Waals surface area (Å²) in [5, 5.41) is 11.8. The molecule has 2 aromatic rings. The Morgan fingerprint density at radius 1 is 1.02 bits per heavy atom. The summed E-state index contributed by atoms with van der Waals surface area (Å²) in [6, 6.07) is 9.74. The van der Waals surface area contributed by atoms with Gasteiger partial charge in [-0.2, -0.15) is 0 Å². The lowest BCUT2D eigenvalue weighted by atomic mass is 10.0. The first kappa shape index (κ1) is 27.7. The second-order valence-corrected chi connectivity index (χ2v) is 10.4. The lowest BCUT2D eigenvalue weighted by Gasteiger charge is -2.39. The molecule has 2 aliphatic heterocycles. The molecule has 40 heavy (non-hydrogen) atoms. The third kappa shape index (κ3) is 5.56. The fraction of sp³-hybridized carbons (Fsp3) is 0.387. The van der Waals surface area contributed by atoms with Gasteiger partial charge in [-0.3, -0.25) is 9.80 Å². The van der Waals surface area contributed by atoms with Crippen LogP contribution >= 0.6 is 0 Å². The van der Waals surface area contributed by atoms with Gasteiger partial charge in [-0.1, -0.05) is 44.2 Å². The molecule has 0 bridgehead atoms. The zero-order chi connectivity index (χ0) is 28.4. The van der Waals surface area contributed by atoms with E-state index in [0.717, 1.165) is 12.5 Å². The molecule has 9 heteroatoms. The number of ether oxygens (including phenoxy) is 2. The fourth-order valence-electron chi connectivity index (χ4n) is 5.36. The molecule has 0 spiro atoms. The van der Waals surface area contributed by atoms with Crippen LogP contribution in [-0.2, 0) is 6.54 Å². The number of aliphatic hydroxyl groups excluding tert-OH is 1. The van der Waals surface area contributed by atoms with E-state index < -0.39 is 11.6 Å². The number of hydrogen-bond donors (Lipinski definition) is 1.